The van der Waals surface area contributed by atoms with E-state index < -0.39 is 0 Å². The second kappa shape index (κ2) is 6.27. The number of imidazole rings is 1. The van der Waals surface area contributed by atoms with Crippen molar-refractivity contribution in [3.8, 4) is 0 Å². The Hall–Kier alpha value is -1.36. The van der Waals surface area contributed by atoms with Crippen LogP contribution in [0.25, 0.3) is 0 Å². The van der Waals surface area contributed by atoms with Gasteiger partial charge in [-0.25, -0.2) is 4.98 Å². The third kappa shape index (κ3) is 3.66. The van der Waals surface area contributed by atoms with E-state index in [1.807, 2.05) is 17.8 Å². The van der Waals surface area contributed by atoms with Gasteiger partial charge in [-0.2, -0.15) is 0 Å². The fraction of sp³-hybridized carbons (Fsp3) is 0.636. The first-order chi connectivity index (χ1) is 7.65. The first-order valence-electron chi connectivity index (χ1n) is 5.46. The van der Waals surface area contributed by atoms with Crippen molar-refractivity contribution in [2.24, 2.45) is 7.05 Å². The highest BCUT2D eigenvalue weighted by Gasteiger charge is 2.10. The van der Waals surface area contributed by atoms with E-state index in [-0.39, 0.29) is 12.5 Å². The van der Waals surface area contributed by atoms with Crippen LogP contribution in [0.5, 0.6) is 0 Å². The zero-order chi connectivity index (χ0) is 12.0. The Balaban J connectivity index is 2.37. The molecule has 0 spiro atoms. The Morgan fingerprint density at radius 2 is 2.31 bits per heavy atom. The van der Waals surface area contributed by atoms with E-state index in [1.54, 1.807) is 18.1 Å². The topological polar surface area (TPSA) is 58.4 Å². The average molecular weight is 225 g/mol. The normalized spacial score (nSPS) is 10.4. The molecule has 1 heterocycles. The van der Waals surface area contributed by atoms with Crippen molar-refractivity contribution < 1.29 is 9.90 Å². The molecule has 1 N–H and O–H groups in total. The highest BCUT2D eigenvalue weighted by molar-refractivity contribution is 5.75. The van der Waals surface area contributed by atoms with Crippen molar-refractivity contribution in [3.63, 3.8) is 0 Å². The highest BCUT2D eigenvalue weighted by Crippen LogP contribution is 2.03. The van der Waals surface area contributed by atoms with Gasteiger partial charge >= 0.3 is 0 Å². The first-order valence-corrected chi connectivity index (χ1v) is 5.46. The molecule has 0 unspecified atom stereocenters. The van der Waals surface area contributed by atoms with Crippen molar-refractivity contribution >= 4 is 5.91 Å². The molecule has 0 bridgehead atoms. The van der Waals surface area contributed by atoms with Gasteiger partial charge in [-0.3, -0.25) is 4.79 Å². The molecule has 5 heteroatoms. The molecule has 90 valence electrons. The van der Waals surface area contributed by atoms with Gasteiger partial charge in [-0.15, -0.1) is 0 Å². The van der Waals surface area contributed by atoms with Gasteiger partial charge < -0.3 is 14.6 Å². The molecule has 0 fully saturated rings. The summed E-state index contributed by atoms with van der Waals surface area (Å²) in [6.07, 6.45) is 5.49. The summed E-state index contributed by atoms with van der Waals surface area (Å²) in [5.74, 6) is 0.967. The van der Waals surface area contributed by atoms with E-state index in [1.165, 1.54) is 0 Å². The minimum Gasteiger partial charge on any atom is -0.396 e. The van der Waals surface area contributed by atoms with Crippen LogP contribution in [0.4, 0.5) is 0 Å². The lowest BCUT2D eigenvalue weighted by Gasteiger charge is -2.16. The maximum absolute atomic E-state index is 11.7. The molecule has 0 saturated heterocycles. The van der Waals surface area contributed by atoms with Crippen molar-refractivity contribution in [2.75, 3.05) is 13.7 Å². The lowest BCUT2D eigenvalue weighted by molar-refractivity contribution is -0.130. The predicted octanol–water partition coefficient (Wildman–Crippen LogP) is 0.541. The fourth-order valence-electron chi connectivity index (χ4n) is 1.43. The summed E-state index contributed by atoms with van der Waals surface area (Å²) in [6, 6.07) is 0. The van der Waals surface area contributed by atoms with E-state index in [9.17, 15) is 4.79 Å². The smallest absolute Gasteiger partial charge is 0.222 e. The fourth-order valence-corrected chi connectivity index (χ4v) is 1.43. The number of unbranched alkanes of at least 4 members (excludes halogenated alkanes) is 1. The molecule has 5 nitrogen and oxygen atoms in total. The molecule has 1 amide bonds. The first kappa shape index (κ1) is 12.7. The molecule has 0 aromatic carbocycles. The maximum atomic E-state index is 11.7. The van der Waals surface area contributed by atoms with Crippen LogP contribution >= 0.6 is 0 Å². The number of hydrogen-bond donors (Lipinski definition) is 1. The Morgan fingerprint density at radius 1 is 1.56 bits per heavy atom. The minimum atomic E-state index is 0.0939. The van der Waals surface area contributed by atoms with Crippen LogP contribution in [-0.2, 0) is 18.4 Å². The number of carbonyl (C=O) groups is 1. The van der Waals surface area contributed by atoms with Crippen LogP contribution in [0, 0.1) is 0 Å². The maximum Gasteiger partial charge on any atom is 0.222 e. The summed E-state index contributed by atoms with van der Waals surface area (Å²) in [4.78, 5) is 17.5. The molecule has 1 aromatic rings. The number of amides is 1. The number of aryl methyl sites for hydroxylation is 1. The zero-order valence-corrected chi connectivity index (χ0v) is 9.89. The second-order valence-electron chi connectivity index (χ2n) is 3.88. The summed E-state index contributed by atoms with van der Waals surface area (Å²) in [5.41, 5.74) is 0. The van der Waals surface area contributed by atoms with Crippen molar-refractivity contribution in [1.82, 2.24) is 14.5 Å². The van der Waals surface area contributed by atoms with E-state index in [0.29, 0.717) is 19.4 Å². The Morgan fingerprint density at radius 3 is 2.88 bits per heavy atom. The van der Waals surface area contributed by atoms with Crippen LogP contribution in [0.3, 0.4) is 0 Å². The number of nitrogens with zero attached hydrogens (tertiary/aromatic N) is 3. The van der Waals surface area contributed by atoms with E-state index >= 15 is 0 Å². The minimum absolute atomic E-state index is 0.0939. The molecular weight excluding hydrogens is 206 g/mol. The largest absolute Gasteiger partial charge is 0.396 e. The van der Waals surface area contributed by atoms with Gasteiger partial charge in [0, 0.05) is 39.5 Å². The van der Waals surface area contributed by atoms with Crippen LogP contribution < -0.4 is 0 Å². The predicted molar refractivity (Wildman–Crippen MR) is 60.6 cm³/mol. The van der Waals surface area contributed by atoms with Gasteiger partial charge in [-0.1, -0.05) is 0 Å². The molecule has 0 saturated carbocycles. The van der Waals surface area contributed by atoms with Crippen LogP contribution in [0.15, 0.2) is 12.4 Å². The quantitative estimate of drug-likeness (QED) is 0.719. The zero-order valence-electron chi connectivity index (χ0n) is 9.89. The molecule has 1 aromatic heterocycles. The Kier molecular flexibility index (Phi) is 4.98. The number of carbonyl (C=O) groups excluding carboxylic acids is 1. The molecule has 0 aliphatic rings. The third-order valence-corrected chi connectivity index (χ3v) is 2.52. The highest BCUT2D eigenvalue weighted by atomic mass is 16.3. The van der Waals surface area contributed by atoms with Gasteiger partial charge in [-0.05, 0) is 12.8 Å². The monoisotopic (exact) mass is 225 g/mol. The third-order valence-electron chi connectivity index (χ3n) is 2.52. The molecule has 16 heavy (non-hydrogen) atoms. The lowest BCUT2D eigenvalue weighted by atomic mass is 10.2. The molecule has 1 rings (SSSR count). The molecule has 0 atom stereocenters. The average Bonchev–Trinajstić information content (AvgIpc) is 2.64. The van der Waals surface area contributed by atoms with Gasteiger partial charge in [0.05, 0.1) is 6.54 Å². The van der Waals surface area contributed by atoms with E-state index in [0.717, 1.165) is 12.2 Å². The molecule has 0 aliphatic heterocycles. The van der Waals surface area contributed by atoms with Gasteiger partial charge in [0.2, 0.25) is 5.91 Å². The van der Waals surface area contributed by atoms with Crippen LogP contribution in [0.1, 0.15) is 25.1 Å². The van der Waals surface area contributed by atoms with Gasteiger partial charge in [0.25, 0.3) is 0 Å². The second-order valence-corrected chi connectivity index (χ2v) is 3.88. The molecule has 0 radical (unpaired) electrons. The number of rotatable bonds is 6. The van der Waals surface area contributed by atoms with E-state index in [2.05, 4.69) is 4.98 Å². The number of aliphatic hydroxyl groups is 1. The number of aliphatic hydroxyl groups excluding tert-OH is 1. The van der Waals surface area contributed by atoms with Crippen molar-refractivity contribution in [2.45, 2.75) is 25.8 Å². The SMILES string of the molecule is CN(Cc1nccn1C)C(=O)CCCCO. The number of hydrogen-bond acceptors (Lipinski definition) is 3. The molecule has 0 aliphatic carbocycles. The van der Waals surface area contributed by atoms with Gasteiger partial charge in [0.15, 0.2) is 0 Å². The van der Waals surface area contributed by atoms with Crippen LogP contribution in [-0.4, -0.2) is 39.1 Å². The Bertz CT molecular complexity index is 336. The lowest BCUT2D eigenvalue weighted by Crippen LogP contribution is -2.27. The summed E-state index contributed by atoms with van der Waals surface area (Å²) in [5, 5.41) is 8.62. The summed E-state index contributed by atoms with van der Waals surface area (Å²) >= 11 is 0. The molecular formula is C11H19N3O2. The number of aromatic nitrogens is 2. The van der Waals surface area contributed by atoms with Gasteiger partial charge in [0.1, 0.15) is 5.82 Å². The van der Waals surface area contributed by atoms with Crippen molar-refractivity contribution in [3.05, 3.63) is 18.2 Å². The Labute approximate surface area is 95.7 Å². The standard InChI is InChI=1S/C11H19N3O2/c1-13-7-6-12-10(13)9-14(2)11(16)5-3-4-8-15/h6-7,15H,3-5,8-9H2,1-2H3. The van der Waals surface area contributed by atoms with Crippen LogP contribution in [0.2, 0.25) is 0 Å². The summed E-state index contributed by atoms with van der Waals surface area (Å²) < 4.78 is 1.90. The van der Waals surface area contributed by atoms with E-state index in [4.69, 9.17) is 5.11 Å². The summed E-state index contributed by atoms with van der Waals surface area (Å²) in [7, 11) is 3.68. The van der Waals surface area contributed by atoms with Crippen molar-refractivity contribution in [1.29, 1.82) is 0 Å². The summed E-state index contributed by atoms with van der Waals surface area (Å²) in [6.45, 7) is 0.678.